The van der Waals surface area contributed by atoms with Crippen molar-refractivity contribution in [3.63, 3.8) is 0 Å². The van der Waals surface area contributed by atoms with Crippen LogP contribution in [0.3, 0.4) is 0 Å². The maximum Gasteiger partial charge on any atom is 0.459 e. The number of hydrogen-bond donors (Lipinski definition) is 1. The second-order valence-corrected chi connectivity index (χ2v) is 8.27. The SMILES string of the molecule is CCS(=O)(=O)c1cc(N)cnc1-c1nc2cc(C(F)(F)C(F)(F)F)nnc2n1C. The first-order chi connectivity index (χ1) is 13.3. The standard InChI is InChI=1S/C15H13F5N6O2S/c1-3-29(27,28)9-4-7(21)6-22-11(9)13-23-8-5-10(14(16,17)15(18,19)20)24-25-12(8)26(13)2/h4-6H,3,21H2,1-2H3. The van der Waals surface area contributed by atoms with Gasteiger partial charge >= 0.3 is 12.1 Å². The molecule has 0 aliphatic heterocycles. The van der Waals surface area contributed by atoms with Gasteiger partial charge in [0.15, 0.2) is 21.3 Å². The van der Waals surface area contributed by atoms with Crippen molar-refractivity contribution in [3.05, 3.63) is 24.0 Å². The molecule has 3 aromatic heterocycles. The Hall–Kier alpha value is -2.90. The number of halogens is 5. The van der Waals surface area contributed by atoms with Gasteiger partial charge in [-0.05, 0) is 12.1 Å². The highest BCUT2D eigenvalue weighted by molar-refractivity contribution is 7.91. The average Bonchev–Trinajstić information content (AvgIpc) is 2.96. The van der Waals surface area contributed by atoms with Crippen molar-refractivity contribution in [3.8, 4) is 11.5 Å². The number of nitrogens with zero attached hydrogens (tertiary/aromatic N) is 5. The van der Waals surface area contributed by atoms with Crippen LogP contribution < -0.4 is 5.73 Å². The molecule has 0 saturated heterocycles. The number of hydrogen-bond acceptors (Lipinski definition) is 7. The predicted molar refractivity (Wildman–Crippen MR) is 91.6 cm³/mol. The molecule has 156 valence electrons. The van der Waals surface area contributed by atoms with Crippen molar-refractivity contribution in [1.29, 1.82) is 0 Å². The molecular weight excluding hydrogens is 423 g/mol. The summed E-state index contributed by atoms with van der Waals surface area (Å²) in [6.45, 7) is 1.40. The fourth-order valence-corrected chi connectivity index (χ4v) is 3.58. The quantitative estimate of drug-likeness (QED) is 0.625. The molecular formula is C15H13F5N6O2S. The number of aryl methyl sites for hydroxylation is 1. The summed E-state index contributed by atoms with van der Waals surface area (Å²) in [5.41, 5.74) is 3.42. The van der Waals surface area contributed by atoms with Crippen LogP contribution in [0.5, 0.6) is 0 Å². The summed E-state index contributed by atoms with van der Waals surface area (Å²) in [6, 6.07) is 1.61. The lowest BCUT2D eigenvalue weighted by atomic mass is 10.2. The molecule has 2 N–H and O–H groups in total. The second kappa shape index (κ2) is 6.57. The number of rotatable bonds is 4. The van der Waals surface area contributed by atoms with E-state index in [1.54, 1.807) is 0 Å². The van der Waals surface area contributed by atoms with Crippen molar-refractivity contribution in [2.24, 2.45) is 7.05 Å². The topological polar surface area (TPSA) is 117 Å². The Morgan fingerprint density at radius 1 is 1.14 bits per heavy atom. The van der Waals surface area contributed by atoms with Crippen LogP contribution in [0.15, 0.2) is 23.2 Å². The number of fused-ring (bicyclic) bond motifs is 1. The lowest BCUT2D eigenvalue weighted by Gasteiger charge is -2.17. The maximum atomic E-state index is 13.6. The van der Waals surface area contributed by atoms with Crippen LogP contribution in [0.1, 0.15) is 12.6 Å². The fraction of sp³-hybridized carbons (Fsp3) is 0.333. The van der Waals surface area contributed by atoms with E-state index in [-0.39, 0.29) is 39.0 Å². The normalized spacial score (nSPS) is 13.2. The third-order valence-electron chi connectivity index (χ3n) is 4.10. The van der Waals surface area contributed by atoms with E-state index >= 15 is 0 Å². The van der Waals surface area contributed by atoms with E-state index in [1.807, 2.05) is 0 Å². The van der Waals surface area contributed by atoms with Gasteiger partial charge in [0.25, 0.3) is 0 Å². The highest BCUT2D eigenvalue weighted by Gasteiger charge is 2.60. The van der Waals surface area contributed by atoms with Crippen molar-refractivity contribution >= 4 is 26.7 Å². The first kappa shape index (κ1) is 20.8. The summed E-state index contributed by atoms with van der Waals surface area (Å²) in [5, 5.41) is 6.38. The van der Waals surface area contributed by atoms with Crippen LogP contribution in [0.25, 0.3) is 22.7 Å². The Kier molecular flexibility index (Phi) is 4.72. The summed E-state index contributed by atoms with van der Waals surface area (Å²) in [7, 11) is -2.44. The molecule has 29 heavy (non-hydrogen) atoms. The molecule has 0 radical (unpaired) electrons. The van der Waals surface area contributed by atoms with Crippen LogP contribution in [0, 0.1) is 0 Å². The number of nitrogen functional groups attached to an aromatic ring is 1. The van der Waals surface area contributed by atoms with Gasteiger partial charge in [-0.2, -0.15) is 22.0 Å². The molecule has 0 amide bonds. The van der Waals surface area contributed by atoms with Gasteiger partial charge < -0.3 is 10.3 Å². The van der Waals surface area contributed by atoms with Gasteiger partial charge in [-0.25, -0.2) is 18.4 Å². The predicted octanol–water partition coefficient (Wildman–Crippen LogP) is 2.46. The van der Waals surface area contributed by atoms with E-state index in [4.69, 9.17) is 5.73 Å². The lowest BCUT2D eigenvalue weighted by molar-refractivity contribution is -0.291. The van der Waals surface area contributed by atoms with E-state index in [0.29, 0.717) is 6.07 Å². The zero-order chi connectivity index (χ0) is 21.8. The molecule has 0 unspecified atom stereocenters. The van der Waals surface area contributed by atoms with E-state index in [0.717, 1.165) is 12.3 Å². The number of aromatic nitrogens is 5. The molecule has 0 aliphatic carbocycles. The molecule has 3 aromatic rings. The lowest BCUT2D eigenvalue weighted by Crippen LogP contribution is -2.34. The van der Waals surface area contributed by atoms with Gasteiger partial charge in [-0.1, -0.05) is 6.92 Å². The van der Waals surface area contributed by atoms with Gasteiger partial charge in [0.1, 0.15) is 16.9 Å². The largest absolute Gasteiger partial charge is 0.459 e. The summed E-state index contributed by atoms with van der Waals surface area (Å²) < 4.78 is 90.9. The van der Waals surface area contributed by atoms with E-state index in [9.17, 15) is 30.4 Å². The van der Waals surface area contributed by atoms with E-state index in [1.165, 1.54) is 18.5 Å². The summed E-state index contributed by atoms with van der Waals surface area (Å²) in [4.78, 5) is 7.68. The first-order valence-corrected chi connectivity index (χ1v) is 9.58. The smallest absolute Gasteiger partial charge is 0.397 e. The molecule has 0 bridgehead atoms. The Balaban J connectivity index is 2.25. The number of anilines is 1. The average molecular weight is 436 g/mol. The van der Waals surface area contributed by atoms with E-state index in [2.05, 4.69) is 20.2 Å². The zero-order valence-corrected chi connectivity index (χ0v) is 15.7. The Morgan fingerprint density at radius 2 is 1.79 bits per heavy atom. The Morgan fingerprint density at radius 3 is 2.38 bits per heavy atom. The van der Waals surface area contributed by atoms with Crippen LogP contribution in [-0.4, -0.2) is 45.1 Å². The fourth-order valence-electron chi connectivity index (χ4n) is 2.52. The summed E-state index contributed by atoms with van der Waals surface area (Å²) in [6.07, 6.45) is -4.70. The Labute approximate surface area is 160 Å². The molecule has 0 atom stereocenters. The number of nitrogens with two attached hydrogens (primary N) is 1. The van der Waals surface area contributed by atoms with Crippen molar-refractivity contribution in [2.75, 3.05) is 11.5 Å². The molecule has 8 nitrogen and oxygen atoms in total. The molecule has 0 spiro atoms. The van der Waals surface area contributed by atoms with Gasteiger partial charge in [-0.15, -0.1) is 10.2 Å². The number of imidazole rings is 1. The van der Waals surface area contributed by atoms with Crippen molar-refractivity contribution in [1.82, 2.24) is 24.7 Å². The summed E-state index contributed by atoms with van der Waals surface area (Å²) in [5.74, 6) is -5.63. The Bertz CT molecular complexity index is 1210. The second-order valence-electron chi connectivity index (χ2n) is 6.02. The number of sulfone groups is 1. The molecule has 0 aromatic carbocycles. The third kappa shape index (κ3) is 3.36. The first-order valence-electron chi connectivity index (χ1n) is 7.93. The third-order valence-corrected chi connectivity index (χ3v) is 5.84. The molecule has 0 saturated carbocycles. The zero-order valence-electron chi connectivity index (χ0n) is 14.9. The van der Waals surface area contributed by atoms with Crippen LogP contribution in [0.2, 0.25) is 0 Å². The van der Waals surface area contributed by atoms with Gasteiger partial charge in [-0.3, -0.25) is 0 Å². The minimum absolute atomic E-state index is 0.0615. The molecule has 0 fully saturated rings. The van der Waals surface area contributed by atoms with Crippen LogP contribution in [-0.2, 0) is 22.8 Å². The maximum absolute atomic E-state index is 13.6. The van der Waals surface area contributed by atoms with Crippen molar-refractivity contribution in [2.45, 2.75) is 23.9 Å². The van der Waals surface area contributed by atoms with Crippen molar-refractivity contribution < 1.29 is 30.4 Å². The minimum Gasteiger partial charge on any atom is -0.397 e. The van der Waals surface area contributed by atoms with Crippen LogP contribution in [0.4, 0.5) is 27.6 Å². The van der Waals surface area contributed by atoms with Gasteiger partial charge in [0.2, 0.25) is 0 Å². The van der Waals surface area contributed by atoms with Gasteiger partial charge in [0, 0.05) is 7.05 Å². The molecule has 3 rings (SSSR count). The van der Waals surface area contributed by atoms with Crippen LogP contribution >= 0.6 is 0 Å². The summed E-state index contributed by atoms with van der Waals surface area (Å²) >= 11 is 0. The highest BCUT2D eigenvalue weighted by Crippen LogP contribution is 2.43. The molecule has 14 heteroatoms. The van der Waals surface area contributed by atoms with Gasteiger partial charge in [0.05, 0.1) is 22.5 Å². The molecule has 0 aliphatic rings. The molecule has 3 heterocycles. The highest BCUT2D eigenvalue weighted by atomic mass is 32.2. The number of pyridine rings is 1. The van der Waals surface area contributed by atoms with E-state index < -0.39 is 27.6 Å². The number of alkyl halides is 5. The monoisotopic (exact) mass is 436 g/mol. The minimum atomic E-state index is -5.87.